The fraction of sp³-hybridized carbons (Fsp3) is 0.357. The topological polar surface area (TPSA) is 18.5 Å². The van der Waals surface area contributed by atoms with Crippen molar-refractivity contribution in [2.24, 2.45) is 0 Å². The molecule has 1 heterocycles. The van der Waals surface area contributed by atoms with Crippen molar-refractivity contribution < 1.29 is 9.31 Å². The highest BCUT2D eigenvalue weighted by molar-refractivity contribution is 6.62. The summed E-state index contributed by atoms with van der Waals surface area (Å²) in [7, 11) is -0.328. The third-order valence-electron chi connectivity index (χ3n) is 6.88. The Hall–Kier alpha value is -2.36. The molecule has 0 aliphatic carbocycles. The summed E-state index contributed by atoms with van der Waals surface area (Å²) in [5.74, 6) is 0.485. The maximum absolute atomic E-state index is 6.20. The quantitative estimate of drug-likeness (QED) is 0.441. The van der Waals surface area contributed by atoms with Crippen LogP contribution in [0.1, 0.15) is 58.6 Å². The number of hydrogen-bond acceptors (Lipinski definition) is 2. The van der Waals surface area contributed by atoms with Crippen molar-refractivity contribution in [3.63, 3.8) is 0 Å². The van der Waals surface area contributed by atoms with Crippen molar-refractivity contribution in [3.8, 4) is 22.3 Å². The molecule has 1 saturated heterocycles. The molecule has 31 heavy (non-hydrogen) atoms. The number of aryl methyl sites for hydroxylation is 1. The predicted octanol–water partition coefficient (Wildman–Crippen LogP) is 6.75. The molecule has 160 valence electrons. The molecule has 0 radical (unpaired) electrons. The average molecular weight is 412 g/mol. The molecule has 0 unspecified atom stereocenters. The first kappa shape index (κ1) is 21.9. The number of rotatable bonds is 4. The minimum Gasteiger partial charge on any atom is -0.399 e. The van der Waals surface area contributed by atoms with Crippen LogP contribution < -0.4 is 5.46 Å². The van der Waals surface area contributed by atoms with Crippen LogP contribution in [0.25, 0.3) is 22.3 Å². The summed E-state index contributed by atoms with van der Waals surface area (Å²) in [6.45, 7) is 15.1. The smallest absolute Gasteiger partial charge is 0.399 e. The Kier molecular flexibility index (Phi) is 5.62. The Balaban J connectivity index is 1.66. The molecule has 3 heteroatoms. The maximum Gasteiger partial charge on any atom is 0.494 e. The van der Waals surface area contributed by atoms with Gasteiger partial charge in [-0.3, -0.25) is 0 Å². The molecule has 0 aromatic heterocycles. The zero-order valence-corrected chi connectivity index (χ0v) is 19.8. The Bertz CT molecular complexity index is 1060. The fourth-order valence-corrected chi connectivity index (χ4v) is 4.15. The molecule has 1 fully saturated rings. The lowest BCUT2D eigenvalue weighted by atomic mass is 9.78. The first-order valence-corrected chi connectivity index (χ1v) is 11.2. The van der Waals surface area contributed by atoms with E-state index < -0.39 is 0 Å². The van der Waals surface area contributed by atoms with Gasteiger partial charge >= 0.3 is 7.12 Å². The summed E-state index contributed by atoms with van der Waals surface area (Å²) in [6, 6.07) is 24.1. The van der Waals surface area contributed by atoms with Crippen molar-refractivity contribution in [2.45, 2.75) is 65.6 Å². The van der Waals surface area contributed by atoms with Gasteiger partial charge in [0, 0.05) is 0 Å². The van der Waals surface area contributed by atoms with Crippen LogP contribution in [0.15, 0.2) is 66.7 Å². The highest BCUT2D eigenvalue weighted by Crippen LogP contribution is 2.37. The van der Waals surface area contributed by atoms with Gasteiger partial charge in [0.05, 0.1) is 11.2 Å². The molecule has 2 nitrogen and oxygen atoms in total. The first-order chi connectivity index (χ1) is 14.6. The second-order valence-electron chi connectivity index (χ2n) is 9.98. The van der Waals surface area contributed by atoms with Crippen molar-refractivity contribution in [1.29, 1.82) is 0 Å². The minimum absolute atomic E-state index is 0.327. The highest BCUT2D eigenvalue weighted by Gasteiger charge is 2.51. The number of hydrogen-bond donors (Lipinski definition) is 0. The van der Waals surface area contributed by atoms with E-state index in [1.807, 2.05) is 0 Å². The van der Waals surface area contributed by atoms with Gasteiger partial charge in [0.15, 0.2) is 0 Å². The van der Waals surface area contributed by atoms with E-state index in [1.165, 1.54) is 33.4 Å². The van der Waals surface area contributed by atoms with E-state index in [1.54, 1.807) is 0 Å². The molecule has 0 spiro atoms. The van der Waals surface area contributed by atoms with Crippen LogP contribution in [0.5, 0.6) is 0 Å². The standard InChI is InChI=1S/C28H33BO2/c1-19(2)24-10-8-9-11-25(24)26-18-22(13-12-20(26)3)21-14-16-23(17-15-21)29-30-27(4,5)28(6,7)31-29/h8-19H,1-7H3. The largest absolute Gasteiger partial charge is 0.494 e. The van der Waals surface area contributed by atoms with Crippen molar-refractivity contribution in [3.05, 3.63) is 77.9 Å². The molecule has 4 rings (SSSR count). The molecule has 0 bridgehead atoms. The minimum atomic E-state index is -0.328. The summed E-state index contributed by atoms with van der Waals surface area (Å²) < 4.78 is 12.4. The molecule has 0 N–H and O–H groups in total. The molecular weight excluding hydrogens is 379 g/mol. The lowest BCUT2D eigenvalue weighted by Gasteiger charge is -2.32. The molecule has 3 aromatic carbocycles. The lowest BCUT2D eigenvalue weighted by Crippen LogP contribution is -2.41. The van der Waals surface area contributed by atoms with Gasteiger partial charge in [-0.15, -0.1) is 0 Å². The molecule has 3 aromatic rings. The van der Waals surface area contributed by atoms with Gasteiger partial charge in [-0.25, -0.2) is 0 Å². The normalized spacial score (nSPS) is 17.4. The van der Waals surface area contributed by atoms with Crippen molar-refractivity contribution in [2.75, 3.05) is 0 Å². The summed E-state index contributed by atoms with van der Waals surface area (Å²) in [4.78, 5) is 0. The first-order valence-electron chi connectivity index (χ1n) is 11.2. The van der Waals surface area contributed by atoms with Gasteiger partial charge in [-0.1, -0.05) is 74.5 Å². The van der Waals surface area contributed by atoms with E-state index in [-0.39, 0.29) is 18.3 Å². The third kappa shape index (κ3) is 4.09. The Labute approximate surface area is 187 Å². The Morgan fingerprint density at radius 1 is 0.710 bits per heavy atom. The molecule has 0 amide bonds. The van der Waals surface area contributed by atoms with Crippen LogP contribution in [-0.4, -0.2) is 18.3 Å². The molecule has 0 atom stereocenters. The monoisotopic (exact) mass is 412 g/mol. The second kappa shape index (κ2) is 7.96. The van der Waals surface area contributed by atoms with Gasteiger partial charge < -0.3 is 9.31 Å². The van der Waals surface area contributed by atoms with E-state index in [9.17, 15) is 0 Å². The van der Waals surface area contributed by atoms with Gasteiger partial charge in [-0.2, -0.15) is 0 Å². The maximum atomic E-state index is 6.20. The summed E-state index contributed by atoms with van der Waals surface area (Å²) in [6.07, 6.45) is 0. The summed E-state index contributed by atoms with van der Waals surface area (Å²) >= 11 is 0. The lowest BCUT2D eigenvalue weighted by molar-refractivity contribution is 0.00578. The van der Waals surface area contributed by atoms with Crippen LogP contribution in [0.4, 0.5) is 0 Å². The van der Waals surface area contributed by atoms with E-state index in [2.05, 4.69) is 115 Å². The highest BCUT2D eigenvalue weighted by atomic mass is 16.7. The summed E-state index contributed by atoms with van der Waals surface area (Å²) in [5, 5.41) is 0. The van der Waals surface area contributed by atoms with Crippen LogP contribution in [0.3, 0.4) is 0 Å². The Morgan fingerprint density at radius 2 is 1.29 bits per heavy atom. The average Bonchev–Trinajstić information content (AvgIpc) is 2.95. The van der Waals surface area contributed by atoms with Gasteiger partial charge in [-0.05, 0) is 85.4 Å². The van der Waals surface area contributed by atoms with Crippen LogP contribution in [0, 0.1) is 6.92 Å². The van der Waals surface area contributed by atoms with E-state index in [4.69, 9.17) is 9.31 Å². The van der Waals surface area contributed by atoms with E-state index in [0.717, 1.165) is 5.46 Å². The van der Waals surface area contributed by atoms with Crippen LogP contribution in [-0.2, 0) is 9.31 Å². The zero-order chi connectivity index (χ0) is 22.4. The van der Waals surface area contributed by atoms with Crippen LogP contribution >= 0.6 is 0 Å². The van der Waals surface area contributed by atoms with E-state index in [0.29, 0.717) is 5.92 Å². The SMILES string of the molecule is Cc1ccc(-c2ccc(B3OC(C)(C)C(C)(C)O3)cc2)cc1-c1ccccc1C(C)C. The second-order valence-corrected chi connectivity index (χ2v) is 9.98. The number of benzene rings is 3. The predicted molar refractivity (Wildman–Crippen MR) is 132 cm³/mol. The zero-order valence-electron chi connectivity index (χ0n) is 19.8. The van der Waals surface area contributed by atoms with Gasteiger partial charge in [0.2, 0.25) is 0 Å². The molecule has 0 saturated carbocycles. The van der Waals surface area contributed by atoms with E-state index >= 15 is 0 Å². The van der Waals surface area contributed by atoms with Crippen molar-refractivity contribution in [1.82, 2.24) is 0 Å². The fourth-order valence-electron chi connectivity index (χ4n) is 4.15. The van der Waals surface area contributed by atoms with Crippen LogP contribution in [0.2, 0.25) is 0 Å². The summed E-state index contributed by atoms with van der Waals surface area (Å²) in [5.41, 5.74) is 8.13. The molecule has 1 aliphatic heterocycles. The van der Waals surface area contributed by atoms with Gasteiger partial charge in [0.25, 0.3) is 0 Å². The van der Waals surface area contributed by atoms with Gasteiger partial charge in [0.1, 0.15) is 0 Å². The Morgan fingerprint density at radius 3 is 1.90 bits per heavy atom. The third-order valence-corrected chi connectivity index (χ3v) is 6.88. The molecule has 1 aliphatic rings. The van der Waals surface area contributed by atoms with Crippen molar-refractivity contribution >= 4 is 12.6 Å². The molecular formula is C28H33BO2.